The summed E-state index contributed by atoms with van der Waals surface area (Å²) >= 11 is 1.54. The van der Waals surface area contributed by atoms with Crippen molar-refractivity contribution in [3.8, 4) is 21.8 Å². The Balaban J connectivity index is 1.32. The predicted octanol–water partition coefficient (Wildman–Crippen LogP) is 2.50. The van der Waals surface area contributed by atoms with E-state index in [1.54, 1.807) is 17.1 Å². The number of aryl methyl sites for hydroxylation is 1. The lowest BCUT2D eigenvalue weighted by atomic mass is 9.99. The van der Waals surface area contributed by atoms with Crippen molar-refractivity contribution in [1.82, 2.24) is 25.5 Å². The van der Waals surface area contributed by atoms with Crippen molar-refractivity contribution in [2.45, 2.75) is 31.7 Å². The second-order valence-corrected chi connectivity index (χ2v) is 11.3. The van der Waals surface area contributed by atoms with E-state index in [1.165, 1.54) is 24.2 Å². The van der Waals surface area contributed by atoms with Gasteiger partial charge in [-0.05, 0) is 57.5 Å². The quantitative estimate of drug-likeness (QED) is 0.194. The Labute approximate surface area is 229 Å². The zero-order chi connectivity index (χ0) is 27.1. The Kier molecular flexibility index (Phi) is 6.94. The fourth-order valence-corrected chi connectivity index (χ4v) is 6.93. The zero-order valence-electron chi connectivity index (χ0n) is 21.7. The molecule has 2 aromatic heterocycles. The van der Waals surface area contributed by atoms with Crippen molar-refractivity contribution in [2.75, 3.05) is 50.9 Å². The number of benzene rings is 1. The SMILES string of the molecule is CN1CCCC1CCc1cc(NC=O)c(-c2[nH]nc3c2C(=O)c2c-3ccc(N)c2C(=O)NN2CCOCC2)s1. The summed E-state index contributed by atoms with van der Waals surface area (Å²) in [4.78, 5) is 42.9. The van der Waals surface area contributed by atoms with Gasteiger partial charge in [0.1, 0.15) is 5.69 Å². The van der Waals surface area contributed by atoms with Gasteiger partial charge in [-0.2, -0.15) is 5.10 Å². The van der Waals surface area contributed by atoms with Gasteiger partial charge in [0.15, 0.2) is 5.78 Å². The molecule has 4 heterocycles. The highest BCUT2D eigenvalue weighted by Crippen LogP contribution is 2.46. The van der Waals surface area contributed by atoms with Crippen LogP contribution in [-0.2, 0) is 16.0 Å². The third-order valence-electron chi connectivity index (χ3n) is 7.83. The van der Waals surface area contributed by atoms with Gasteiger partial charge >= 0.3 is 0 Å². The van der Waals surface area contributed by atoms with E-state index in [-0.39, 0.29) is 22.6 Å². The number of H-pyrrole nitrogens is 1. The second-order valence-electron chi connectivity index (χ2n) is 10.2. The first-order chi connectivity index (χ1) is 19.0. The molecule has 39 heavy (non-hydrogen) atoms. The lowest BCUT2D eigenvalue weighted by Crippen LogP contribution is -2.48. The fraction of sp³-hybridized carbons (Fsp3) is 0.407. The van der Waals surface area contributed by atoms with Crippen LogP contribution in [0.15, 0.2) is 18.2 Å². The van der Waals surface area contributed by atoms with E-state index in [9.17, 15) is 14.4 Å². The summed E-state index contributed by atoms with van der Waals surface area (Å²) in [7, 11) is 2.16. The molecule has 1 unspecified atom stereocenters. The number of hydrogen-bond donors (Lipinski definition) is 4. The van der Waals surface area contributed by atoms with Gasteiger partial charge in [-0.1, -0.05) is 0 Å². The number of aromatic nitrogens is 2. The summed E-state index contributed by atoms with van der Waals surface area (Å²) in [5.41, 5.74) is 12.3. The number of ketones is 1. The Morgan fingerprint density at radius 2 is 2.10 bits per heavy atom. The molecule has 12 heteroatoms. The van der Waals surface area contributed by atoms with E-state index in [4.69, 9.17) is 10.5 Å². The van der Waals surface area contributed by atoms with Crippen LogP contribution >= 0.6 is 11.3 Å². The van der Waals surface area contributed by atoms with Crippen LogP contribution in [0.4, 0.5) is 11.4 Å². The Morgan fingerprint density at radius 1 is 1.28 bits per heavy atom. The van der Waals surface area contributed by atoms with Gasteiger partial charge in [-0.3, -0.25) is 24.9 Å². The molecule has 6 rings (SSSR count). The van der Waals surface area contributed by atoms with Crippen LogP contribution in [0.3, 0.4) is 0 Å². The highest BCUT2D eigenvalue weighted by atomic mass is 32.1. The number of aromatic amines is 1. The summed E-state index contributed by atoms with van der Waals surface area (Å²) in [5.74, 6) is -0.753. The number of hydrogen-bond acceptors (Lipinski definition) is 9. The molecule has 1 aromatic carbocycles. The van der Waals surface area contributed by atoms with Crippen LogP contribution in [0.2, 0.25) is 0 Å². The van der Waals surface area contributed by atoms with Gasteiger partial charge in [0.2, 0.25) is 6.41 Å². The molecule has 1 atom stereocenters. The number of hydrazine groups is 1. The number of morpholine rings is 1. The summed E-state index contributed by atoms with van der Waals surface area (Å²) in [5, 5.41) is 12.1. The number of likely N-dealkylation sites (tertiary alicyclic amines) is 1. The highest BCUT2D eigenvalue weighted by Gasteiger charge is 2.38. The van der Waals surface area contributed by atoms with Gasteiger partial charge < -0.3 is 20.7 Å². The van der Waals surface area contributed by atoms with Crippen LogP contribution in [0.25, 0.3) is 21.8 Å². The van der Waals surface area contributed by atoms with Crippen LogP contribution < -0.4 is 16.5 Å². The number of amides is 2. The van der Waals surface area contributed by atoms with Gasteiger partial charge in [0.05, 0.1) is 40.6 Å². The molecule has 2 saturated heterocycles. The molecule has 2 fully saturated rings. The normalized spacial score (nSPS) is 19.2. The van der Waals surface area contributed by atoms with E-state index in [0.717, 1.165) is 29.1 Å². The van der Waals surface area contributed by atoms with Crippen LogP contribution in [0, 0.1) is 0 Å². The lowest BCUT2D eigenvalue weighted by Gasteiger charge is -2.27. The molecule has 0 saturated carbocycles. The molecule has 0 spiro atoms. The molecule has 1 aliphatic carbocycles. The number of carbonyl (C=O) groups is 3. The molecular formula is C27H31N7O4S. The highest BCUT2D eigenvalue weighted by molar-refractivity contribution is 7.16. The summed E-state index contributed by atoms with van der Waals surface area (Å²) in [6, 6.07) is 5.89. The third-order valence-corrected chi connectivity index (χ3v) is 9.04. The van der Waals surface area contributed by atoms with Gasteiger partial charge in [-0.25, -0.2) is 5.01 Å². The minimum Gasteiger partial charge on any atom is -0.398 e. The predicted molar refractivity (Wildman–Crippen MR) is 149 cm³/mol. The van der Waals surface area contributed by atoms with Crippen LogP contribution in [0.5, 0.6) is 0 Å². The average Bonchev–Trinajstić information content (AvgIpc) is 3.69. The maximum Gasteiger partial charge on any atom is 0.268 e. The summed E-state index contributed by atoms with van der Waals surface area (Å²) in [6.07, 6.45) is 4.96. The Hall–Kier alpha value is -3.58. The number of nitrogen functional groups attached to an aromatic ring is 1. The lowest BCUT2D eigenvalue weighted by molar-refractivity contribution is -0.105. The summed E-state index contributed by atoms with van der Waals surface area (Å²) < 4.78 is 5.35. The average molecular weight is 550 g/mol. The maximum absolute atomic E-state index is 13.9. The van der Waals surface area contributed by atoms with E-state index in [1.807, 2.05) is 6.07 Å². The van der Waals surface area contributed by atoms with E-state index in [2.05, 4.69) is 32.9 Å². The second kappa shape index (κ2) is 10.5. The number of nitrogens with one attached hydrogen (secondary N) is 3. The number of rotatable bonds is 8. The number of ether oxygens (including phenoxy) is 1. The van der Waals surface area contributed by atoms with Crippen molar-refractivity contribution in [2.24, 2.45) is 0 Å². The third kappa shape index (κ3) is 4.63. The number of carbonyl (C=O) groups excluding carboxylic acids is 3. The molecule has 11 nitrogen and oxygen atoms in total. The van der Waals surface area contributed by atoms with E-state index in [0.29, 0.717) is 67.0 Å². The number of fused-ring (bicyclic) bond motifs is 3. The van der Waals surface area contributed by atoms with Gasteiger partial charge in [0.25, 0.3) is 5.91 Å². The number of thiophene rings is 1. The van der Waals surface area contributed by atoms with Crippen LogP contribution in [0.1, 0.15) is 50.4 Å². The molecule has 2 aliphatic heterocycles. The number of nitrogens with zero attached hydrogens (tertiary/aromatic N) is 3. The standard InChI is InChI=1S/C27H31N7O4S/c1-33-8-2-3-15(33)4-5-16-13-19(29-14-35)26(39-16)24-22-23(30-31-24)17-6-7-18(28)21(20(17)25(22)36)27(37)32-34-9-11-38-12-10-34/h6-7,13-15H,2-5,8-12,28H2,1H3,(H,29,35)(H,30,31)(H,32,37). The van der Waals surface area contributed by atoms with Crippen molar-refractivity contribution in [1.29, 1.82) is 0 Å². The largest absolute Gasteiger partial charge is 0.398 e. The van der Waals surface area contributed by atoms with Gasteiger partial charge in [-0.15, -0.1) is 11.3 Å². The molecule has 2 amide bonds. The monoisotopic (exact) mass is 549 g/mol. The van der Waals surface area contributed by atoms with E-state index >= 15 is 0 Å². The molecule has 5 N–H and O–H groups in total. The Bertz CT molecular complexity index is 1440. The van der Waals surface area contributed by atoms with Gasteiger partial charge in [0, 0.05) is 40.8 Å². The molecule has 0 radical (unpaired) electrons. The van der Waals surface area contributed by atoms with Crippen molar-refractivity contribution >= 4 is 40.8 Å². The first-order valence-corrected chi connectivity index (χ1v) is 14.0. The van der Waals surface area contributed by atoms with Crippen LogP contribution in [-0.4, -0.2) is 84.1 Å². The molecule has 3 aliphatic rings. The zero-order valence-corrected chi connectivity index (χ0v) is 22.5. The fourth-order valence-electron chi connectivity index (χ4n) is 5.79. The Morgan fingerprint density at radius 3 is 2.85 bits per heavy atom. The van der Waals surface area contributed by atoms with E-state index < -0.39 is 5.91 Å². The topological polar surface area (TPSA) is 146 Å². The molecule has 3 aromatic rings. The first-order valence-electron chi connectivity index (χ1n) is 13.2. The number of nitrogens with two attached hydrogens (primary N) is 1. The maximum atomic E-state index is 13.9. The van der Waals surface area contributed by atoms with Crippen molar-refractivity contribution in [3.63, 3.8) is 0 Å². The molecule has 0 bridgehead atoms. The minimum absolute atomic E-state index is 0.145. The minimum atomic E-state index is -0.436. The molecule has 204 valence electrons. The summed E-state index contributed by atoms with van der Waals surface area (Å²) in [6.45, 7) is 3.24. The van der Waals surface area contributed by atoms with Crippen molar-refractivity contribution < 1.29 is 19.1 Å². The number of anilines is 2. The first kappa shape index (κ1) is 25.7. The van der Waals surface area contributed by atoms with Crippen molar-refractivity contribution in [3.05, 3.63) is 39.8 Å². The smallest absolute Gasteiger partial charge is 0.268 e. The molecular weight excluding hydrogens is 518 g/mol.